The highest BCUT2D eigenvalue weighted by Crippen LogP contribution is 2.08. The van der Waals surface area contributed by atoms with Gasteiger partial charge in [0.15, 0.2) is 0 Å². The van der Waals surface area contributed by atoms with Crippen molar-refractivity contribution in [1.29, 1.82) is 0 Å². The third-order valence-electron chi connectivity index (χ3n) is 3.12. The number of nitrogens with one attached hydrogen (secondary N) is 1. The smallest absolute Gasteiger partial charge is 0.437 e. The average molecular weight is 370 g/mol. The molecule has 0 saturated carbocycles. The van der Waals surface area contributed by atoms with Crippen molar-refractivity contribution >= 4 is 23.9 Å². The van der Waals surface area contributed by atoms with Gasteiger partial charge in [0.1, 0.15) is 12.1 Å². The maximum atomic E-state index is 12.3. The molecule has 8 nitrogen and oxygen atoms in total. The Morgan fingerprint density at radius 2 is 2.04 bits per heavy atom. The van der Waals surface area contributed by atoms with Crippen LogP contribution >= 0.6 is 0 Å². The quantitative estimate of drug-likeness (QED) is 0.519. The molecule has 0 aromatic heterocycles. The van der Waals surface area contributed by atoms with E-state index in [0.717, 1.165) is 12.8 Å². The number of cyclic esters (lactones) is 1. The second kappa shape index (κ2) is 10.6. The van der Waals surface area contributed by atoms with Crippen LogP contribution in [0.3, 0.4) is 0 Å². The molecular formula is C18H29N3O5. The Morgan fingerprint density at radius 3 is 2.73 bits per heavy atom. The topological polar surface area (TPSA) is 97.3 Å². The maximum absolute atomic E-state index is 12.3. The average Bonchev–Trinajstić information content (AvgIpc) is 2.54. The molecule has 0 unspecified atom stereocenters. The zero-order valence-corrected chi connectivity index (χ0v) is 15.5. The molecule has 0 aliphatic carbocycles. The van der Waals surface area contributed by atoms with Gasteiger partial charge in [0.25, 0.3) is 0 Å². The summed E-state index contributed by atoms with van der Waals surface area (Å²) in [4.78, 5) is 40.6. The normalized spacial score (nSPS) is 23.4. The molecule has 8 heteroatoms. The summed E-state index contributed by atoms with van der Waals surface area (Å²) in [6, 6.07) is 0. The fourth-order valence-electron chi connectivity index (χ4n) is 1.99. The number of carbonyl (C=O) groups excluding carboxylic acids is 3. The summed E-state index contributed by atoms with van der Waals surface area (Å²) in [7, 11) is 0. The summed E-state index contributed by atoms with van der Waals surface area (Å²) in [5.74, 6) is -1.92. The van der Waals surface area contributed by atoms with Gasteiger partial charge in [-0.2, -0.15) is 0 Å². The standard InChI is InChI=1S/C18H29N3O5/c1-18(2,3)26-17(24)20-16-19-14(22)11-9-7-5-6-8-10-12-25-15(23)13-21(16)4/h6,8H,5,7,9-13H2,1-4H3,(H,19,20,22,24)/b8-6-/i4D3. The Morgan fingerprint density at radius 1 is 1.31 bits per heavy atom. The van der Waals surface area contributed by atoms with E-state index >= 15 is 0 Å². The molecule has 1 aliphatic rings. The van der Waals surface area contributed by atoms with Gasteiger partial charge in [-0.05, 0) is 46.5 Å². The fourth-order valence-corrected chi connectivity index (χ4v) is 1.99. The van der Waals surface area contributed by atoms with Crippen molar-refractivity contribution in [3.63, 3.8) is 0 Å². The number of allylic oxidation sites excluding steroid dienone is 1. The Hall–Kier alpha value is -2.38. The SMILES string of the molecule is [2H]C([2H])([2H])N1CC(=O)OCC/C=C\CCCCC(=O)N/C1=N/C(=O)OC(C)(C)C. The first-order valence-corrected chi connectivity index (χ1v) is 8.58. The molecule has 0 aromatic rings. The Labute approximate surface area is 158 Å². The van der Waals surface area contributed by atoms with E-state index in [0.29, 0.717) is 17.7 Å². The van der Waals surface area contributed by atoms with Gasteiger partial charge >= 0.3 is 12.1 Å². The third-order valence-corrected chi connectivity index (χ3v) is 3.12. The summed E-state index contributed by atoms with van der Waals surface area (Å²) in [6.45, 7) is 1.37. The van der Waals surface area contributed by atoms with Crippen LogP contribution in [0.5, 0.6) is 0 Å². The van der Waals surface area contributed by atoms with Crippen LogP contribution in [-0.2, 0) is 19.1 Å². The first-order valence-electron chi connectivity index (χ1n) is 10.1. The number of esters is 1. The second-order valence-corrected chi connectivity index (χ2v) is 6.78. The number of likely N-dealkylation sites (N-methyl/N-ethyl adjacent to an activating group) is 1. The minimum absolute atomic E-state index is 0.0923. The lowest BCUT2D eigenvalue weighted by Crippen LogP contribution is -2.45. The lowest BCUT2D eigenvalue weighted by Gasteiger charge is -2.22. The van der Waals surface area contributed by atoms with E-state index in [2.05, 4.69) is 10.3 Å². The van der Waals surface area contributed by atoms with E-state index in [1.807, 2.05) is 12.2 Å². The molecule has 0 fully saturated rings. The summed E-state index contributed by atoms with van der Waals surface area (Å²) in [5.41, 5.74) is -0.873. The van der Waals surface area contributed by atoms with Gasteiger partial charge in [-0.1, -0.05) is 12.2 Å². The second-order valence-electron chi connectivity index (χ2n) is 6.78. The zero-order chi connectivity index (χ0) is 22.1. The highest BCUT2D eigenvalue weighted by Gasteiger charge is 2.20. The van der Waals surface area contributed by atoms with Gasteiger partial charge in [0.2, 0.25) is 11.9 Å². The first-order chi connectivity index (χ1) is 13.4. The molecule has 26 heavy (non-hydrogen) atoms. The van der Waals surface area contributed by atoms with Crippen LogP contribution in [0.2, 0.25) is 0 Å². The number of carbonyl (C=O) groups is 3. The maximum Gasteiger partial charge on any atom is 0.437 e. The zero-order valence-electron chi connectivity index (χ0n) is 18.5. The molecule has 2 amide bonds. The van der Waals surface area contributed by atoms with Gasteiger partial charge in [-0.25, -0.2) is 4.79 Å². The molecule has 1 heterocycles. The summed E-state index contributed by atoms with van der Waals surface area (Å²) < 4.78 is 33.2. The number of aliphatic imine (C=N–C) groups is 1. The number of hydrogen-bond donors (Lipinski definition) is 1. The lowest BCUT2D eigenvalue weighted by molar-refractivity contribution is -0.143. The van der Waals surface area contributed by atoms with Gasteiger partial charge in [-0.15, -0.1) is 4.99 Å². The largest absolute Gasteiger partial charge is 0.464 e. The number of nitrogens with zero attached hydrogens (tertiary/aromatic N) is 2. The van der Waals surface area contributed by atoms with Crippen molar-refractivity contribution in [2.24, 2.45) is 4.99 Å². The Kier molecular flexibility index (Phi) is 6.94. The molecule has 0 bridgehead atoms. The van der Waals surface area contributed by atoms with Crippen LogP contribution in [-0.4, -0.2) is 54.6 Å². The molecule has 0 aromatic carbocycles. The molecule has 0 saturated heterocycles. The van der Waals surface area contributed by atoms with E-state index < -0.39 is 43.1 Å². The molecule has 0 spiro atoms. The fraction of sp³-hybridized carbons (Fsp3) is 0.667. The number of ether oxygens (including phenoxy) is 2. The van der Waals surface area contributed by atoms with Crippen LogP contribution in [0.4, 0.5) is 4.79 Å². The molecular weight excluding hydrogens is 338 g/mol. The minimum atomic E-state index is -2.86. The van der Waals surface area contributed by atoms with Gasteiger partial charge in [0, 0.05) is 17.5 Å². The summed E-state index contributed by atoms with van der Waals surface area (Å²) >= 11 is 0. The van der Waals surface area contributed by atoms with Crippen molar-refractivity contribution < 1.29 is 28.0 Å². The summed E-state index contributed by atoms with van der Waals surface area (Å²) in [5, 5.41) is 2.33. The van der Waals surface area contributed by atoms with E-state index in [1.165, 1.54) is 0 Å². The van der Waals surface area contributed by atoms with Crippen molar-refractivity contribution in [1.82, 2.24) is 10.2 Å². The van der Waals surface area contributed by atoms with Gasteiger partial charge < -0.3 is 14.4 Å². The van der Waals surface area contributed by atoms with Crippen LogP contribution in [0, 0.1) is 0 Å². The number of amides is 2. The lowest BCUT2D eigenvalue weighted by atomic mass is 10.1. The van der Waals surface area contributed by atoms with Crippen molar-refractivity contribution in [3.8, 4) is 0 Å². The molecule has 1 aliphatic heterocycles. The van der Waals surface area contributed by atoms with Crippen molar-refractivity contribution in [2.45, 2.75) is 58.5 Å². The van der Waals surface area contributed by atoms with E-state index in [4.69, 9.17) is 13.6 Å². The van der Waals surface area contributed by atoms with E-state index in [9.17, 15) is 14.4 Å². The Balaban J connectivity index is 3.18. The molecule has 1 N–H and O–H groups in total. The number of hydrogen-bond acceptors (Lipinski definition) is 5. The molecule has 0 radical (unpaired) electrons. The minimum Gasteiger partial charge on any atom is -0.464 e. The van der Waals surface area contributed by atoms with Crippen LogP contribution in [0.25, 0.3) is 0 Å². The Bertz CT molecular complexity index is 654. The van der Waals surface area contributed by atoms with Crippen LogP contribution in [0.15, 0.2) is 17.1 Å². The molecule has 1 rings (SSSR count). The van der Waals surface area contributed by atoms with Crippen LogP contribution < -0.4 is 5.32 Å². The van der Waals surface area contributed by atoms with E-state index in [-0.39, 0.29) is 13.0 Å². The summed E-state index contributed by atoms with van der Waals surface area (Å²) in [6.07, 6.45) is 5.42. The number of rotatable bonds is 0. The van der Waals surface area contributed by atoms with Gasteiger partial charge in [-0.3, -0.25) is 14.9 Å². The predicted molar refractivity (Wildman–Crippen MR) is 97.6 cm³/mol. The highest BCUT2D eigenvalue weighted by atomic mass is 16.6. The van der Waals surface area contributed by atoms with Crippen molar-refractivity contribution in [3.05, 3.63) is 12.2 Å². The van der Waals surface area contributed by atoms with E-state index in [1.54, 1.807) is 20.8 Å². The first kappa shape index (κ1) is 17.1. The molecule has 146 valence electrons. The number of guanidine groups is 1. The molecule has 0 atom stereocenters. The third kappa shape index (κ3) is 9.80. The van der Waals surface area contributed by atoms with Crippen molar-refractivity contribution in [2.75, 3.05) is 20.1 Å². The monoisotopic (exact) mass is 370 g/mol. The predicted octanol–water partition coefficient (Wildman–Crippen LogP) is 2.39. The highest BCUT2D eigenvalue weighted by molar-refractivity contribution is 6.01. The van der Waals surface area contributed by atoms with Crippen LogP contribution in [0.1, 0.15) is 57.0 Å². The van der Waals surface area contributed by atoms with Gasteiger partial charge in [0.05, 0.1) is 6.61 Å².